The summed E-state index contributed by atoms with van der Waals surface area (Å²) in [5, 5.41) is 0. The van der Waals surface area contributed by atoms with E-state index in [1.165, 1.54) is 0 Å². The average molecular weight is 245 g/mol. The second kappa shape index (κ2) is 817. The van der Waals surface area contributed by atoms with E-state index < -0.39 is 0 Å². The predicted octanol–water partition coefficient (Wildman–Crippen LogP) is 0.409. The summed E-state index contributed by atoms with van der Waals surface area (Å²) >= 11 is 0. The second-order valence-corrected chi connectivity index (χ2v) is 0. The van der Waals surface area contributed by atoms with E-state index in [4.69, 9.17) is 12.8 Å². The van der Waals surface area contributed by atoms with E-state index in [1.807, 2.05) is 0 Å². The van der Waals surface area contributed by atoms with Gasteiger partial charge in [-0.15, -0.1) is 0 Å². The molecule has 0 saturated carbocycles. The van der Waals surface area contributed by atoms with Gasteiger partial charge in [0.05, 0.1) is 0 Å². The molecule has 0 heterocycles. The summed E-state index contributed by atoms with van der Waals surface area (Å²) in [5.74, 6) is 0. The van der Waals surface area contributed by atoms with Crippen LogP contribution in [0.1, 0.15) is 0 Å². The van der Waals surface area contributed by atoms with Crippen molar-refractivity contribution in [3.05, 3.63) is 12.8 Å². The van der Waals surface area contributed by atoms with Gasteiger partial charge in [-0.1, -0.05) is 0 Å². The molecule has 0 aliphatic carbocycles. The maximum Gasteiger partial charge on any atom is 2.00 e. The van der Waals surface area contributed by atoms with Gasteiger partial charge in [0.25, 0.3) is 0 Å². The van der Waals surface area contributed by atoms with Gasteiger partial charge in [-0.2, -0.15) is 0 Å². The molecule has 0 saturated heterocycles. The molecule has 0 aromatic heterocycles. The third kappa shape index (κ3) is 339. The molecular formula is C4H2Pt. The van der Waals surface area contributed by atoms with Gasteiger partial charge in [0, 0.05) is 0 Å². The van der Waals surface area contributed by atoms with Gasteiger partial charge in [-0.25, -0.2) is 0 Å². The number of terminal acetylenes is 2. The van der Waals surface area contributed by atoms with E-state index in [0.717, 1.165) is 0 Å². The van der Waals surface area contributed by atoms with Gasteiger partial charge in [-0.05, 0) is 0 Å². The van der Waals surface area contributed by atoms with Crippen LogP contribution in [0.25, 0.3) is 0 Å². The SMILES string of the molecule is [C-]#C.[C-]#C.[Pt+2]. The van der Waals surface area contributed by atoms with Gasteiger partial charge in [0.15, 0.2) is 0 Å². The number of hydrogen-bond donors (Lipinski definition) is 0. The third-order valence-electron chi connectivity index (χ3n) is 0. The zero-order valence-corrected chi connectivity index (χ0v) is 4.74. The molecule has 0 N–H and O–H groups in total. The Balaban J connectivity index is -0.0000000133. The Bertz CT molecular complexity index is 19.1. The van der Waals surface area contributed by atoms with Crippen molar-refractivity contribution in [2.24, 2.45) is 0 Å². The fourth-order valence-electron chi connectivity index (χ4n) is 0. The Morgan fingerprint density at radius 3 is 0.800 bits per heavy atom. The Kier molecular flexibility index (Phi) is 3490. The monoisotopic (exact) mass is 245 g/mol. The third-order valence-corrected chi connectivity index (χ3v) is 0. The molecule has 28 valence electrons. The van der Waals surface area contributed by atoms with Crippen LogP contribution >= 0.6 is 0 Å². The van der Waals surface area contributed by atoms with Gasteiger partial charge >= 0.3 is 21.1 Å². The van der Waals surface area contributed by atoms with Crippen LogP contribution in [0.15, 0.2) is 0 Å². The van der Waals surface area contributed by atoms with Crippen LogP contribution < -0.4 is 0 Å². The summed E-state index contributed by atoms with van der Waals surface area (Å²) in [6.45, 7) is 0. The smallest absolute Gasteiger partial charge is 0.697 e. The molecule has 0 atom stereocenters. The molecule has 0 rings (SSSR count). The van der Waals surface area contributed by atoms with Gasteiger partial charge < -0.3 is 25.7 Å². The molecule has 0 aliphatic rings. The molecule has 5 heavy (non-hydrogen) atoms. The minimum atomic E-state index is 0. The van der Waals surface area contributed by atoms with Crippen LogP contribution in [0, 0.1) is 25.7 Å². The van der Waals surface area contributed by atoms with Crippen molar-refractivity contribution in [3.63, 3.8) is 0 Å². The summed E-state index contributed by atoms with van der Waals surface area (Å²) in [6.07, 6.45) is 18.0. The summed E-state index contributed by atoms with van der Waals surface area (Å²) in [7, 11) is 0. The maximum absolute atomic E-state index is 5.25. The first kappa shape index (κ1) is 21.3. The molecule has 0 fully saturated rings. The zero-order chi connectivity index (χ0) is 4.00. The summed E-state index contributed by atoms with van der Waals surface area (Å²) in [5.41, 5.74) is 0. The second-order valence-electron chi connectivity index (χ2n) is 0. The maximum atomic E-state index is 5.25. The topological polar surface area (TPSA) is 0 Å². The first-order valence-corrected chi connectivity index (χ1v) is 0.577. The Labute approximate surface area is 47.2 Å². The van der Waals surface area contributed by atoms with E-state index in [1.54, 1.807) is 0 Å². The fourth-order valence-corrected chi connectivity index (χ4v) is 0. The molecule has 0 bridgehead atoms. The van der Waals surface area contributed by atoms with Crippen LogP contribution in [-0.2, 0) is 21.1 Å². The van der Waals surface area contributed by atoms with E-state index >= 15 is 0 Å². The first-order valence-electron chi connectivity index (χ1n) is 0.577. The number of hydrogen-bond acceptors (Lipinski definition) is 0. The minimum Gasteiger partial charge on any atom is -0.697 e. The summed E-state index contributed by atoms with van der Waals surface area (Å²) < 4.78 is 0. The Morgan fingerprint density at radius 1 is 0.800 bits per heavy atom. The van der Waals surface area contributed by atoms with Crippen molar-refractivity contribution in [1.82, 2.24) is 0 Å². The molecule has 0 aliphatic heterocycles. The largest absolute Gasteiger partial charge is 2.00 e. The van der Waals surface area contributed by atoms with Gasteiger partial charge in [-0.3, -0.25) is 0 Å². The molecule has 0 aromatic rings. The molecule has 0 amide bonds. The molecular weight excluding hydrogens is 243 g/mol. The first-order chi connectivity index (χ1) is 2.00. The van der Waals surface area contributed by atoms with Crippen LogP contribution in [0.5, 0.6) is 0 Å². The number of rotatable bonds is 0. The molecule has 0 nitrogen and oxygen atoms in total. The quantitative estimate of drug-likeness (QED) is 0.428. The summed E-state index contributed by atoms with van der Waals surface area (Å²) in [4.78, 5) is 0. The van der Waals surface area contributed by atoms with E-state index in [0.29, 0.717) is 0 Å². The van der Waals surface area contributed by atoms with Gasteiger partial charge in [0.1, 0.15) is 0 Å². The molecule has 1 heteroatoms. The average Bonchev–Trinajstić information content (AvgIpc) is 1.50. The Morgan fingerprint density at radius 2 is 0.800 bits per heavy atom. The van der Waals surface area contributed by atoms with Crippen molar-refractivity contribution in [2.75, 3.05) is 0 Å². The van der Waals surface area contributed by atoms with Crippen molar-refractivity contribution < 1.29 is 21.1 Å². The van der Waals surface area contributed by atoms with E-state index in [2.05, 4.69) is 12.8 Å². The van der Waals surface area contributed by atoms with Crippen molar-refractivity contribution in [3.8, 4) is 12.8 Å². The molecule has 0 spiro atoms. The van der Waals surface area contributed by atoms with Gasteiger partial charge in [0.2, 0.25) is 0 Å². The standard InChI is InChI=1S/2C2H.Pt/c2*1-2;/h2*1H;/q2*-1;+2. The molecule has 0 unspecified atom stereocenters. The van der Waals surface area contributed by atoms with Crippen LogP contribution in [0.2, 0.25) is 0 Å². The van der Waals surface area contributed by atoms with Crippen molar-refractivity contribution >= 4 is 0 Å². The van der Waals surface area contributed by atoms with E-state index in [9.17, 15) is 0 Å². The van der Waals surface area contributed by atoms with Crippen LogP contribution in [-0.4, -0.2) is 0 Å². The van der Waals surface area contributed by atoms with E-state index in [-0.39, 0.29) is 21.1 Å². The normalized spacial score (nSPS) is 0.800. The fraction of sp³-hybridized carbons (Fsp3) is 0. The van der Waals surface area contributed by atoms with Crippen LogP contribution in [0.3, 0.4) is 0 Å². The minimum absolute atomic E-state index is 0. The van der Waals surface area contributed by atoms with Crippen molar-refractivity contribution in [1.29, 1.82) is 0 Å². The zero-order valence-electron chi connectivity index (χ0n) is 2.47. The van der Waals surface area contributed by atoms with Crippen molar-refractivity contribution in [2.45, 2.75) is 0 Å². The van der Waals surface area contributed by atoms with Crippen LogP contribution in [0.4, 0.5) is 0 Å². The predicted molar refractivity (Wildman–Crippen MR) is 16.4 cm³/mol. The Hall–Kier alpha value is -0.192. The summed E-state index contributed by atoms with van der Waals surface area (Å²) in [6, 6.07) is 0. The molecule has 0 aromatic carbocycles. The molecule has 0 radical (unpaired) electrons.